The molecule has 0 fully saturated rings. The first-order valence-electron chi connectivity index (χ1n) is 7.70. The van der Waals surface area contributed by atoms with Crippen LogP contribution >= 0.6 is 0 Å². The molecule has 0 unspecified atom stereocenters. The highest BCUT2D eigenvalue weighted by Crippen LogP contribution is 2.42. The van der Waals surface area contributed by atoms with E-state index in [-0.39, 0.29) is 0 Å². The van der Waals surface area contributed by atoms with E-state index in [0.29, 0.717) is 0 Å². The lowest BCUT2D eigenvalue weighted by atomic mass is 9.67. The summed E-state index contributed by atoms with van der Waals surface area (Å²) in [5.74, 6) is 0. The van der Waals surface area contributed by atoms with Crippen LogP contribution in [0.5, 0.6) is 0 Å². The Balaban J connectivity index is 2.39. The number of aliphatic hydroxyl groups is 2. The summed E-state index contributed by atoms with van der Waals surface area (Å²) in [6.45, 7) is 2.00. The van der Waals surface area contributed by atoms with Gasteiger partial charge < -0.3 is 10.2 Å². The summed E-state index contributed by atoms with van der Waals surface area (Å²) < 4.78 is 0. The molecule has 0 saturated carbocycles. The van der Waals surface area contributed by atoms with Gasteiger partial charge in [0.25, 0.3) is 0 Å². The standard InChI is InChI=1S/C21H20O2/c1-16-10-8-9-15-19(16)21(20(22)23,17-11-4-2-5-12-17)18-13-6-3-7-14-18/h2-15,20,22-23H,1H3. The van der Waals surface area contributed by atoms with Gasteiger partial charge in [0.05, 0.1) is 5.41 Å². The lowest BCUT2D eigenvalue weighted by Gasteiger charge is -2.38. The summed E-state index contributed by atoms with van der Waals surface area (Å²) in [7, 11) is 0. The minimum absolute atomic E-state index is 0.857. The second-order valence-electron chi connectivity index (χ2n) is 5.73. The Morgan fingerprint density at radius 3 is 1.52 bits per heavy atom. The Hall–Kier alpha value is -2.42. The van der Waals surface area contributed by atoms with E-state index in [4.69, 9.17) is 0 Å². The Kier molecular flexibility index (Phi) is 4.28. The molecular formula is C21H20O2. The zero-order valence-electron chi connectivity index (χ0n) is 13.1. The largest absolute Gasteiger partial charge is 0.367 e. The van der Waals surface area contributed by atoms with Crippen LogP contribution in [0.25, 0.3) is 0 Å². The van der Waals surface area contributed by atoms with Crippen molar-refractivity contribution in [2.45, 2.75) is 18.6 Å². The first kappa shape index (κ1) is 15.5. The van der Waals surface area contributed by atoms with Gasteiger partial charge in [-0.3, -0.25) is 0 Å². The topological polar surface area (TPSA) is 40.5 Å². The first-order valence-corrected chi connectivity index (χ1v) is 7.70. The summed E-state index contributed by atoms with van der Waals surface area (Å²) in [4.78, 5) is 0. The molecule has 116 valence electrons. The van der Waals surface area contributed by atoms with Crippen molar-refractivity contribution < 1.29 is 10.2 Å². The van der Waals surface area contributed by atoms with Gasteiger partial charge in [-0.15, -0.1) is 0 Å². The van der Waals surface area contributed by atoms with E-state index >= 15 is 0 Å². The van der Waals surface area contributed by atoms with Crippen molar-refractivity contribution >= 4 is 0 Å². The molecule has 0 atom stereocenters. The van der Waals surface area contributed by atoms with Crippen LogP contribution in [0.15, 0.2) is 84.9 Å². The second-order valence-corrected chi connectivity index (χ2v) is 5.73. The monoisotopic (exact) mass is 304 g/mol. The van der Waals surface area contributed by atoms with Gasteiger partial charge >= 0.3 is 0 Å². The molecule has 0 amide bonds. The Morgan fingerprint density at radius 2 is 1.09 bits per heavy atom. The smallest absolute Gasteiger partial charge is 0.169 e. The highest BCUT2D eigenvalue weighted by molar-refractivity contribution is 5.53. The van der Waals surface area contributed by atoms with Crippen molar-refractivity contribution in [1.82, 2.24) is 0 Å². The number of hydrogen-bond donors (Lipinski definition) is 2. The van der Waals surface area contributed by atoms with Gasteiger partial charge in [0, 0.05) is 0 Å². The van der Waals surface area contributed by atoms with Crippen LogP contribution in [0.4, 0.5) is 0 Å². The van der Waals surface area contributed by atoms with Crippen molar-refractivity contribution in [2.75, 3.05) is 0 Å². The van der Waals surface area contributed by atoms with E-state index in [1.807, 2.05) is 91.9 Å². The lowest BCUT2D eigenvalue weighted by Crippen LogP contribution is -2.42. The highest BCUT2D eigenvalue weighted by Gasteiger charge is 2.43. The number of hydrogen-bond acceptors (Lipinski definition) is 2. The van der Waals surface area contributed by atoms with E-state index < -0.39 is 11.7 Å². The molecule has 0 heterocycles. The van der Waals surface area contributed by atoms with Gasteiger partial charge in [-0.05, 0) is 29.2 Å². The SMILES string of the molecule is Cc1ccccc1C(c1ccccc1)(c1ccccc1)C(O)O. The predicted octanol–water partition coefficient (Wildman–Crippen LogP) is 3.64. The van der Waals surface area contributed by atoms with Crippen LogP contribution in [0.3, 0.4) is 0 Å². The number of aliphatic hydroxyl groups excluding tert-OH is 1. The van der Waals surface area contributed by atoms with Gasteiger partial charge in [-0.1, -0.05) is 84.9 Å². The number of rotatable bonds is 4. The molecule has 3 aromatic carbocycles. The quantitative estimate of drug-likeness (QED) is 0.571. The fourth-order valence-electron chi connectivity index (χ4n) is 3.33. The van der Waals surface area contributed by atoms with Crippen molar-refractivity contribution in [3.8, 4) is 0 Å². The third-order valence-electron chi connectivity index (χ3n) is 4.42. The molecule has 0 spiro atoms. The molecule has 0 aliphatic rings. The molecule has 0 aliphatic heterocycles. The summed E-state index contributed by atoms with van der Waals surface area (Å²) in [6, 6.07) is 27.2. The maximum atomic E-state index is 10.5. The molecule has 3 rings (SSSR count). The Labute approximate surface area is 136 Å². The van der Waals surface area contributed by atoms with Crippen LogP contribution in [-0.2, 0) is 5.41 Å². The minimum atomic E-state index is -1.56. The molecule has 3 aromatic rings. The molecule has 0 bridgehead atoms. The third-order valence-corrected chi connectivity index (χ3v) is 4.42. The first-order chi connectivity index (χ1) is 11.2. The Morgan fingerprint density at radius 1 is 0.652 bits per heavy atom. The summed E-state index contributed by atoms with van der Waals surface area (Å²) in [5.41, 5.74) is 2.61. The van der Waals surface area contributed by atoms with Crippen molar-refractivity contribution in [3.05, 3.63) is 107 Å². The van der Waals surface area contributed by atoms with Gasteiger partial charge in [0.15, 0.2) is 6.29 Å². The normalized spacial score (nSPS) is 11.7. The van der Waals surface area contributed by atoms with E-state index in [1.54, 1.807) is 0 Å². The third kappa shape index (κ3) is 2.56. The summed E-state index contributed by atoms with van der Waals surface area (Å²) in [6.07, 6.45) is -1.56. The Bertz CT molecular complexity index is 725. The van der Waals surface area contributed by atoms with Gasteiger partial charge in [-0.25, -0.2) is 0 Å². The van der Waals surface area contributed by atoms with Gasteiger partial charge in [-0.2, -0.15) is 0 Å². The number of aryl methyl sites for hydroxylation is 1. The van der Waals surface area contributed by atoms with Gasteiger partial charge in [0.2, 0.25) is 0 Å². The maximum Gasteiger partial charge on any atom is 0.169 e. The molecule has 2 N–H and O–H groups in total. The van der Waals surface area contributed by atoms with E-state index in [1.165, 1.54) is 0 Å². The van der Waals surface area contributed by atoms with E-state index in [9.17, 15) is 10.2 Å². The molecule has 2 nitrogen and oxygen atoms in total. The molecule has 0 aliphatic carbocycles. The summed E-state index contributed by atoms with van der Waals surface area (Å²) >= 11 is 0. The number of benzene rings is 3. The average molecular weight is 304 g/mol. The van der Waals surface area contributed by atoms with Crippen LogP contribution in [0.2, 0.25) is 0 Å². The molecule has 23 heavy (non-hydrogen) atoms. The molecule has 2 heteroatoms. The fraction of sp³-hybridized carbons (Fsp3) is 0.143. The van der Waals surface area contributed by atoms with Gasteiger partial charge in [0.1, 0.15) is 0 Å². The van der Waals surface area contributed by atoms with Crippen LogP contribution in [0, 0.1) is 6.92 Å². The molecular weight excluding hydrogens is 284 g/mol. The average Bonchev–Trinajstić information content (AvgIpc) is 2.59. The zero-order chi connectivity index (χ0) is 16.3. The zero-order valence-corrected chi connectivity index (χ0v) is 13.1. The predicted molar refractivity (Wildman–Crippen MR) is 92.2 cm³/mol. The van der Waals surface area contributed by atoms with Crippen molar-refractivity contribution in [1.29, 1.82) is 0 Å². The van der Waals surface area contributed by atoms with E-state index in [2.05, 4.69) is 0 Å². The van der Waals surface area contributed by atoms with E-state index in [0.717, 1.165) is 22.3 Å². The molecule has 0 radical (unpaired) electrons. The fourth-order valence-corrected chi connectivity index (χ4v) is 3.33. The van der Waals surface area contributed by atoms with Crippen molar-refractivity contribution in [3.63, 3.8) is 0 Å². The van der Waals surface area contributed by atoms with Crippen LogP contribution < -0.4 is 0 Å². The van der Waals surface area contributed by atoms with Crippen LogP contribution in [-0.4, -0.2) is 16.5 Å². The lowest BCUT2D eigenvalue weighted by molar-refractivity contribution is -0.0755. The second kappa shape index (κ2) is 6.37. The minimum Gasteiger partial charge on any atom is -0.367 e. The van der Waals surface area contributed by atoms with Crippen molar-refractivity contribution in [2.24, 2.45) is 0 Å². The highest BCUT2D eigenvalue weighted by atomic mass is 16.5. The summed E-state index contributed by atoms with van der Waals surface area (Å²) in [5, 5.41) is 21.0. The molecule has 0 saturated heterocycles. The molecule has 0 aromatic heterocycles. The van der Waals surface area contributed by atoms with Crippen LogP contribution in [0.1, 0.15) is 22.3 Å². The maximum absolute atomic E-state index is 10.5.